The second kappa shape index (κ2) is 9.12. The second-order valence-electron chi connectivity index (χ2n) is 7.12. The highest BCUT2D eigenvalue weighted by Gasteiger charge is 2.13. The normalized spacial score (nSPS) is 10.8. The Morgan fingerprint density at radius 1 is 1.06 bits per heavy atom. The van der Waals surface area contributed by atoms with E-state index in [9.17, 15) is 4.79 Å². The van der Waals surface area contributed by atoms with Crippen LogP contribution >= 0.6 is 0 Å². The number of nitrogens with one attached hydrogen (secondary N) is 2. The Kier molecular flexibility index (Phi) is 5.93. The van der Waals surface area contributed by atoms with Gasteiger partial charge in [0.15, 0.2) is 5.82 Å². The van der Waals surface area contributed by atoms with Gasteiger partial charge in [-0.2, -0.15) is 0 Å². The highest BCUT2D eigenvalue weighted by atomic mass is 16.1. The van der Waals surface area contributed by atoms with Crippen LogP contribution in [0.3, 0.4) is 0 Å². The summed E-state index contributed by atoms with van der Waals surface area (Å²) in [6, 6.07) is 14.6. The van der Waals surface area contributed by atoms with Gasteiger partial charge in [-0.15, -0.1) is 10.2 Å². The zero-order valence-corrected chi connectivity index (χ0v) is 17.2. The van der Waals surface area contributed by atoms with Gasteiger partial charge < -0.3 is 15.2 Å². The molecule has 9 nitrogen and oxygen atoms in total. The fourth-order valence-electron chi connectivity index (χ4n) is 2.99. The van der Waals surface area contributed by atoms with Crippen LogP contribution in [0.15, 0.2) is 67.3 Å². The molecule has 4 rings (SSSR count). The standard InChI is InChI=1S/C22H22N8O/c1-15(2)30-14-26-29-21(30)18-8-4-9-19(27-18)28-22(31)16-6-3-7-17(12-16)25-13-20-23-10-5-11-24-20/h3-12,14-15,25H,13H2,1-2H3,(H,27,28,31). The molecule has 3 heterocycles. The van der Waals surface area contributed by atoms with E-state index in [2.05, 4.69) is 35.8 Å². The number of hydrogen-bond acceptors (Lipinski definition) is 7. The molecule has 156 valence electrons. The maximum atomic E-state index is 12.8. The molecular weight excluding hydrogens is 392 g/mol. The summed E-state index contributed by atoms with van der Waals surface area (Å²) in [5.74, 6) is 1.51. The first-order valence-electron chi connectivity index (χ1n) is 9.88. The van der Waals surface area contributed by atoms with Crippen molar-refractivity contribution in [3.8, 4) is 11.5 Å². The quantitative estimate of drug-likeness (QED) is 0.475. The van der Waals surface area contributed by atoms with Crippen LogP contribution in [0.2, 0.25) is 0 Å². The highest BCUT2D eigenvalue weighted by molar-refractivity contribution is 6.04. The summed E-state index contributed by atoms with van der Waals surface area (Å²) in [5.41, 5.74) is 1.95. The lowest BCUT2D eigenvalue weighted by atomic mass is 10.2. The van der Waals surface area contributed by atoms with Crippen molar-refractivity contribution in [1.29, 1.82) is 0 Å². The van der Waals surface area contributed by atoms with Gasteiger partial charge in [0.25, 0.3) is 5.91 Å². The van der Waals surface area contributed by atoms with Crippen LogP contribution in [0.5, 0.6) is 0 Å². The molecular formula is C22H22N8O. The van der Waals surface area contributed by atoms with Crippen molar-refractivity contribution in [1.82, 2.24) is 29.7 Å². The number of amides is 1. The smallest absolute Gasteiger partial charge is 0.256 e. The second-order valence-corrected chi connectivity index (χ2v) is 7.12. The number of rotatable bonds is 7. The van der Waals surface area contributed by atoms with Crippen molar-refractivity contribution in [2.75, 3.05) is 10.6 Å². The van der Waals surface area contributed by atoms with Crippen LogP contribution in [-0.2, 0) is 6.54 Å². The Hall–Kier alpha value is -4.14. The lowest BCUT2D eigenvalue weighted by Gasteiger charge is -2.11. The van der Waals surface area contributed by atoms with E-state index in [0.29, 0.717) is 35.3 Å². The van der Waals surface area contributed by atoms with E-state index in [-0.39, 0.29) is 11.9 Å². The lowest BCUT2D eigenvalue weighted by Crippen LogP contribution is -2.14. The average molecular weight is 414 g/mol. The molecule has 3 aromatic heterocycles. The van der Waals surface area contributed by atoms with E-state index in [1.807, 2.05) is 42.7 Å². The van der Waals surface area contributed by atoms with Crippen molar-refractivity contribution < 1.29 is 4.79 Å². The fraction of sp³-hybridized carbons (Fsp3) is 0.182. The molecule has 0 bridgehead atoms. The van der Waals surface area contributed by atoms with Crippen molar-refractivity contribution in [2.24, 2.45) is 0 Å². The number of benzene rings is 1. The number of pyridine rings is 1. The summed E-state index contributed by atoms with van der Waals surface area (Å²) in [6.07, 6.45) is 5.06. The monoisotopic (exact) mass is 414 g/mol. The molecule has 2 N–H and O–H groups in total. The van der Waals surface area contributed by atoms with Gasteiger partial charge in [0.1, 0.15) is 23.7 Å². The van der Waals surface area contributed by atoms with Gasteiger partial charge in [-0.25, -0.2) is 15.0 Å². The van der Waals surface area contributed by atoms with Crippen LogP contribution in [0.4, 0.5) is 11.5 Å². The van der Waals surface area contributed by atoms with Crippen molar-refractivity contribution in [3.05, 3.63) is 78.6 Å². The minimum Gasteiger partial charge on any atom is -0.378 e. The summed E-state index contributed by atoms with van der Waals surface area (Å²) < 4.78 is 1.93. The first-order chi connectivity index (χ1) is 15.1. The largest absolute Gasteiger partial charge is 0.378 e. The van der Waals surface area contributed by atoms with Gasteiger partial charge >= 0.3 is 0 Å². The molecule has 0 spiro atoms. The zero-order valence-electron chi connectivity index (χ0n) is 17.2. The molecule has 0 fully saturated rings. The third-order valence-corrected chi connectivity index (χ3v) is 4.54. The van der Waals surface area contributed by atoms with Crippen LogP contribution in [0.25, 0.3) is 11.5 Å². The molecule has 1 amide bonds. The van der Waals surface area contributed by atoms with Crippen molar-refractivity contribution in [2.45, 2.75) is 26.4 Å². The number of carbonyl (C=O) groups excluding carboxylic acids is 1. The molecule has 9 heteroatoms. The average Bonchev–Trinajstić information content (AvgIpc) is 3.29. The minimum absolute atomic E-state index is 0.196. The Bertz CT molecular complexity index is 1170. The summed E-state index contributed by atoms with van der Waals surface area (Å²) in [6.45, 7) is 4.55. The maximum absolute atomic E-state index is 12.8. The number of nitrogens with zero attached hydrogens (tertiary/aromatic N) is 6. The fourth-order valence-corrected chi connectivity index (χ4v) is 2.99. The third kappa shape index (κ3) is 4.89. The molecule has 0 aliphatic rings. The Balaban J connectivity index is 1.47. The predicted octanol–water partition coefficient (Wildman–Crippen LogP) is 3.58. The highest BCUT2D eigenvalue weighted by Crippen LogP contribution is 2.20. The zero-order chi connectivity index (χ0) is 21.6. The van der Waals surface area contributed by atoms with E-state index in [4.69, 9.17) is 0 Å². The van der Waals surface area contributed by atoms with Crippen molar-refractivity contribution >= 4 is 17.4 Å². The van der Waals surface area contributed by atoms with Crippen LogP contribution in [0, 0.1) is 0 Å². The summed E-state index contributed by atoms with van der Waals surface area (Å²) in [7, 11) is 0. The molecule has 0 saturated heterocycles. The van der Waals surface area contributed by atoms with Gasteiger partial charge in [-0.1, -0.05) is 12.1 Å². The lowest BCUT2D eigenvalue weighted by molar-refractivity contribution is 0.102. The molecule has 1 aromatic carbocycles. The first kappa shape index (κ1) is 20.1. The number of aromatic nitrogens is 6. The SMILES string of the molecule is CC(C)n1cnnc1-c1cccc(NC(=O)c2cccc(NCc3ncccn3)c2)n1. The number of anilines is 2. The molecule has 4 aromatic rings. The molecule has 0 radical (unpaired) electrons. The molecule has 0 atom stereocenters. The third-order valence-electron chi connectivity index (χ3n) is 4.54. The predicted molar refractivity (Wildman–Crippen MR) is 117 cm³/mol. The summed E-state index contributed by atoms with van der Waals surface area (Å²) >= 11 is 0. The molecule has 0 unspecified atom stereocenters. The maximum Gasteiger partial charge on any atom is 0.256 e. The van der Waals surface area contributed by atoms with Crippen LogP contribution in [0.1, 0.15) is 36.1 Å². The van der Waals surface area contributed by atoms with Crippen LogP contribution < -0.4 is 10.6 Å². The Labute approximate surface area is 179 Å². The first-order valence-corrected chi connectivity index (χ1v) is 9.88. The topological polar surface area (TPSA) is 111 Å². The van der Waals surface area contributed by atoms with Gasteiger partial charge in [0.05, 0.1) is 6.54 Å². The van der Waals surface area contributed by atoms with E-state index in [0.717, 1.165) is 5.69 Å². The molecule has 0 aliphatic heterocycles. The molecule has 0 aliphatic carbocycles. The van der Waals surface area contributed by atoms with E-state index in [1.54, 1.807) is 43.0 Å². The minimum atomic E-state index is -0.255. The summed E-state index contributed by atoms with van der Waals surface area (Å²) in [5, 5.41) is 14.2. The van der Waals surface area contributed by atoms with Gasteiger partial charge in [-0.3, -0.25) is 4.79 Å². The van der Waals surface area contributed by atoms with Gasteiger partial charge in [0.2, 0.25) is 0 Å². The van der Waals surface area contributed by atoms with Crippen molar-refractivity contribution in [3.63, 3.8) is 0 Å². The van der Waals surface area contributed by atoms with E-state index < -0.39 is 0 Å². The number of carbonyl (C=O) groups is 1. The van der Waals surface area contributed by atoms with Gasteiger partial charge in [0, 0.05) is 29.7 Å². The van der Waals surface area contributed by atoms with Gasteiger partial charge in [-0.05, 0) is 50.2 Å². The molecule has 0 saturated carbocycles. The number of hydrogen-bond donors (Lipinski definition) is 2. The Morgan fingerprint density at radius 2 is 1.87 bits per heavy atom. The van der Waals surface area contributed by atoms with E-state index in [1.165, 1.54) is 0 Å². The Morgan fingerprint density at radius 3 is 2.68 bits per heavy atom. The van der Waals surface area contributed by atoms with E-state index >= 15 is 0 Å². The molecule has 31 heavy (non-hydrogen) atoms. The van der Waals surface area contributed by atoms with Crippen LogP contribution in [-0.4, -0.2) is 35.6 Å². The summed E-state index contributed by atoms with van der Waals surface area (Å²) in [4.78, 5) is 25.7.